The molecule has 0 fully saturated rings. The first-order valence-electron chi connectivity index (χ1n) is 16.0. The van der Waals surface area contributed by atoms with Gasteiger partial charge in [0.25, 0.3) is 0 Å². The van der Waals surface area contributed by atoms with E-state index in [0.717, 1.165) is 38.5 Å². The van der Waals surface area contributed by atoms with E-state index in [1.807, 2.05) is 0 Å². The molecule has 36 heavy (non-hydrogen) atoms. The summed E-state index contributed by atoms with van der Waals surface area (Å²) in [5.74, 6) is -1.43. The number of unbranched alkanes of at least 4 members (excludes halogenated alkanes) is 23. The maximum atomic E-state index is 12.6. The summed E-state index contributed by atoms with van der Waals surface area (Å²) >= 11 is 0. The van der Waals surface area contributed by atoms with Gasteiger partial charge in [0.05, 0.1) is 0 Å². The Morgan fingerprint density at radius 2 is 0.778 bits per heavy atom. The summed E-state index contributed by atoms with van der Waals surface area (Å²) in [7, 11) is 0. The van der Waals surface area contributed by atoms with Gasteiger partial charge in [-0.05, 0) is 12.8 Å². The first kappa shape index (κ1) is 35.1. The maximum absolute atomic E-state index is 12.6. The molecule has 3 N–H and O–H groups in total. The lowest BCUT2D eigenvalue weighted by atomic mass is 9.86. The molecule has 0 aromatic rings. The first-order valence-corrected chi connectivity index (χ1v) is 16.0. The number of nitrogens with two attached hydrogens (primary N) is 1. The van der Waals surface area contributed by atoms with Crippen LogP contribution in [0, 0.1) is 0 Å². The van der Waals surface area contributed by atoms with E-state index >= 15 is 0 Å². The normalized spacial score (nSPS) is 13.1. The third kappa shape index (κ3) is 20.2. The van der Waals surface area contributed by atoms with Gasteiger partial charge in [0.2, 0.25) is 0 Å². The highest BCUT2D eigenvalue weighted by Gasteiger charge is 2.40. The van der Waals surface area contributed by atoms with Crippen LogP contribution in [0.2, 0.25) is 0 Å². The number of carbonyl (C=O) groups is 2. The minimum absolute atomic E-state index is 0.275. The number of Topliss-reactive ketones (excluding diaryl/α,β-unsaturated/α-hetero) is 1. The molecule has 0 spiro atoms. The van der Waals surface area contributed by atoms with Gasteiger partial charge >= 0.3 is 5.97 Å². The van der Waals surface area contributed by atoms with Crippen molar-refractivity contribution in [3.05, 3.63) is 0 Å². The van der Waals surface area contributed by atoms with E-state index in [0.29, 0.717) is 6.42 Å². The first-order chi connectivity index (χ1) is 17.5. The van der Waals surface area contributed by atoms with E-state index < -0.39 is 11.5 Å². The van der Waals surface area contributed by atoms with E-state index in [1.165, 1.54) is 122 Å². The van der Waals surface area contributed by atoms with Crippen molar-refractivity contribution in [1.29, 1.82) is 0 Å². The van der Waals surface area contributed by atoms with Gasteiger partial charge in [0.1, 0.15) is 0 Å². The topological polar surface area (TPSA) is 80.4 Å². The van der Waals surface area contributed by atoms with Crippen molar-refractivity contribution < 1.29 is 14.7 Å². The Hall–Kier alpha value is -0.900. The number of ketones is 1. The fourth-order valence-electron chi connectivity index (χ4n) is 5.14. The summed E-state index contributed by atoms with van der Waals surface area (Å²) in [5.41, 5.74) is 4.42. The van der Waals surface area contributed by atoms with Crippen molar-refractivity contribution in [3.8, 4) is 0 Å². The molecule has 4 heteroatoms. The van der Waals surface area contributed by atoms with Crippen molar-refractivity contribution in [2.24, 2.45) is 5.73 Å². The highest BCUT2D eigenvalue weighted by Crippen LogP contribution is 2.20. The average molecular weight is 510 g/mol. The second-order valence-electron chi connectivity index (χ2n) is 11.3. The predicted molar refractivity (Wildman–Crippen MR) is 156 cm³/mol. The molecule has 0 aliphatic rings. The summed E-state index contributed by atoms with van der Waals surface area (Å²) < 4.78 is 0. The Labute approximate surface area is 225 Å². The third-order valence-corrected chi connectivity index (χ3v) is 7.81. The van der Waals surface area contributed by atoms with E-state index in [4.69, 9.17) is 5.73 Å². The molecule has 0 aliphatic carbocycles. The highest BCUT2D eigenvalue weighted by molar-refractivity contribution is 6.07. The zero-order valence-corrected chi connectivity index (χ0v) is 24.4. The number of carboxylic acids is 1. The quantitative estimate of drug-likeness (QED) is 0.0776. The average Bonchev–Trinajstić information content (AvgIpc) is 2.87. The summed E-state index contributed by atoms with van der Waals surface area (Å²) in [6.07, 6.45) is 31.6. The van der Waals surface area contributed by atoms with Gasteiger partial charge in [-0.15, -0.1) is 0 Å². The number of hydrogen-bond donors (Lipinski definition) is 2. The van der Waals surface area contributed by atoms with Crippen molar-refractivity contribution in [3.63, 3.8) is 0 Å². The summed E-state index contributed by atoms with van der Waals surface area (Å²) in [6, 6.07) is 0. The van der Waals surface area contributed by atoms with Crippen LogP contribution in [0.15, 0.2) is 0 Å². The van der Waals surface area contributed by atoms with Crippen LogP contribution in [-0.4, -0.2) is 22.4 Å². The Morgan fingerprint density at radius 1 is 0.500 bits per heavy atom. The molecule has 0 bridgehead atoms. The van der Waals surface area contributed by atoms with E-state index in [1.54, 1.807) is 0 Å². The van der Waals surface area contributed by atoms with E-state index in [2.05, 4.69) is 13.8 Å². The van der Waals surface area contributed by atoms with Gasteiger partial charge in [-0.25, -0.2) is 4.79 Å². The Bertz CT molecular complexity index is 508. The molecule has 1 unspecified atom stereocenters. The zero-order chi connectivity index (χ0) is 26.7. The fraction of sp³-hybridized carbons (Fsp3) is 0.938. The largest absolute Gasteiger partial charge is 0.480 e. The lowest BCUT2D eigenvalue weighted by Crippen LogP contribution is -2.54. The molecule has 0 saturated heterocycles. The lowest BCUT2D eigenvalue weighted by Gasteiger charge is -2.23. The third-order valence-electron chi connectivity index (χ3n) is 7.81. The van der Waals surface area contributed by atoms with Crippen LogP contribution >= 0.6 is 0 Å². The fourth-order valence-corrected chi connectivity index (χ4v) is 5.14. The molecule has 0 aromatic carbocycles. The van der Waals surface area contributed by atoms with Gasteiger partial charge in [-0.3, -0.25) is 4.79 Å². The summed E-state index contributed by atoms with van der Waals surface area (Å²) in [6.45, 7) is 4.50. The SMILES string of the molecule is CCCCCCCCCCCCCCCCCCC(N)(C(=O)O)C(=O)CCCCCCCCCCC. The van der Waals surface area contributed by atoms with Crippen LogP contribution in [0.4, 0.5) is 0 Å². The number of carbonyl (C=O) groups excluding carboxylic acids is 1. The van der Waals surface area contributed by atoms with E-state index in [9.17, 15) is 14.7 Å². The second kappa shape index (κ2) is 25.7. The van der Waals surface area contributed by atoms with Crippen LogP contribution in [0.1, 0.15) is 187 Å². The molecule has 0 rings (SSSR count). The number of hydrogen-bond acceptors (Lipinski definition) is 3. The van der Waals surface area contributed by atoms with Crippen LogP contribution in [0.25, 0.3) is 0 Å². The molecule has 0 heterocycles. The predicted octanol–water partition coefficient (Wildman–Crippen LogP) is 9.91. The molecule has 0 radical (unpaired) electrons. The van der Waals surface area contributed by atoms with Gasteiger partial charge in [0, 0.05) is 6.42 Å². The number of carboxylic acid groups (broad SMARTS) is 1. The van der Waals surface area contributed by atoms with Crippen molar-refractivity contribution in [1.82, 2.24) is 0 Å². The van der Waals surface area contributed by atoms with Crippen LogP contribution in [0.3, 0.4) is 0 Å². The van der Waals surface area contributed by atoms with Crippen LogP contribution in [-0.2, 0) is 9.59 Å². The van der Waals surface area contributed by atoms with Crippen LogP contribution < -0.4 is 5.73 Å². The highest BCUT2D eigenvalue weighted by atomic mass is 16.4. The maximum Gasteiger partial charge on any atom is 0.331 e. The molecular formula is C32H63NO3. The summed E-state index contributed by atoms with van der Waals surface area (Å²) in [5, 5.41) is 9.63. The van der Waals surface area contributed by atoms with Crippen LogP contribution in [0.5, 0.6) is 0 Å². The number of rotatable bonds is 29. The molecule has 0 aromatic heterocycles. The Balaban J connectivity index is 3.70. The molecule has 0 saturated carbocycles. The van der Waals surface area contributed by atoms with Crippen molar-refractivity contribution in [2.75, 3.05) is 0 Å². The smallest absolute Gasteiger partial charge is 0.331 e. The molecule has 214 valence electrons. The molecule has 1 atom stereocenters. The minimum Gasteiger partial charge on any atom is -0.480 e. The molecule has 4 nitrogen and oxygen atoms in total. The van der Waals surface area contributed by atoms with Crippen molar-refractivity contribution in [2.45, 2.75) is 193 Å². The van der Waals surface area contributed by atoms with E-state index in [-0.39, 0.29) is 12.2 Å². The molecule has 0 amide bonds. The molecule has 0 aliphatic heterocycles. The lowest BCUT2D eigenvalue weighted by molar-refractivity contribution is -0.148. The number of aliphatic carboxylic acids is 1. The monoisotopic (exact) mass is 509 g/mol. The second-order valence-corrected chi connectivity index (χ2v) is 11.3. The standard InChI is InChI=1S/C32H63NO3/c1-3-5-7-9-11-13-14-15-16-17-18-19-21-23-25-27-29-32(33,31(35)36)30(34)28-26-24-22-20-12-10-8-6-4-2/h3-29,33H2,1-2H3,(H,35,36). The zero-order valence-electron chi connectivity index (χ0n) is 24.4. The Kier molecular flexibility index (Phi) is 25.1. The molecular weight excluding hydrogens is 446 g/mol. The van der Waals surface area contributed by atoms with Crippen molar-refractivity contribution >= 4 is 11.8 Å². The minimum atomic E-state index is -1.68. The van der Waals surface area contributed by atoms with Gasteiger partial charge < -0.3 is 10.8 Å². The van der Waals surface area contributed by atoms with Gasteiger partial charge in [-0.2, -0.15) is 0 Å². The summed E-state index contributed by atoms with van der Waals surface area (Å²) in [4.78, 5) is 24.4. The van der Waals surface area contributed by atoms with Gasteiger partial charge in [0.15, 0.2) is 11.3 Å². The Morgan fingerprint density at radius 3 is 1.08 bits per heavy atom. The van der Waals surface area contributed by atoms with Gasteiger partial charge in [-0.1, -0.05) is 168 Å².